The summed E-state index contributed by atoms with van der Waals surface area (Å²) in [5.41, 5.74) is 2.14. The van der Waals surface area contributed by atoms with Gasteiger partial charge in [0.1, 0.15) is 0 Å². The number of hydrogen-bond donors (Lipinski definition) is 0. The average Bonchev–Trinajstić information content (AvgIpc) is 2.81. The van der Waals surface area contributed by atoms with Crippen LogP contribution in [0.1, 0.15) is 43.1 Å². The lowest BCUT2D eigenvalue weighted by molar-refractivity contribution is 0.0776. The normalized spacial score (nSPS) is 19.8. The quantitative estimate of drug-likeness (QED) is 0.756. The lowest BCUT2D eigenvalue weighted by Gasteiger charge is -2.27. The van der Waals surface area contributed by atoms with E-state index in [4.69, 9.17) is 0 Å². The first kappa shape index (κ1) is 14.6. The number of likely N-dealkylation sites (tertiary alicyclic amines) is 1. The molecule has 0 bridgehead atoms. The van der Waals surface area contributed by atoms with E-state index in [1.165, 1.54) is 0 Å². The van der Waals surface area contributed by atoms with Gasteiger partial charge in [0.2, 0.25) is 0 Å². The van der Waals surface area contributed by atoms with Gasteiger partial charge in [0.25, 0.3) is 5.91 Å². The molecule has 2 nitrogen and oxygen atoms in total. The fourth-order valence-corrected chi connectivity index (χ4v) is 3.03. The lowest BCUT2D eigenvalue weighted by Crippen LogP contribution is -2.31. The second-order valence-electron chi connectivity index (χ2n) is 6.52. The Balaban J connectivity index is 2.16. The summed E-state index contributed by atoms with van der Waals surface area (Å²) in [6.07, 6.45) is 1.11. The SMILES string of the molecule is Cc1c(Br)cccc1C(=O)N1CCC(C(C)(C)C)C1. The summed E-state index contributed by atoms with van der Waals surface area (Å²) in [6, 6.07) is 5.84. The van der Waals surface area contributed by atoms with Crippen molar-refractivity contribution < 1.29 is 4.79 Å². The molecule has 0 saturated carbocycles. The largest absolute Gasteiger partial charge is 0.338 e. The molecule has 1 heterocycles. The topological polar surface area (TPSA) is 20.3 Å². The van der Waals surface area contributed by atoms with Crippen molar-refractivity contribution in [3.63, 3.8) is 0 Å². The molecule has 1 aliphatic heterocycles. The van der Waals surface area contributed by atoms with E-state index >= 15 is 0 Å². The number of carbonyl (C=O) groups excluding carboxylic acids is 1. The fraction of sp³-hybridized carbons (Fsp3) is 0.562. The molecule has 1 aliphatic rings. The molecular formula is C16H22BrNO. The molecule has 1 unspecified atom stereocenters. The van der Waals surface area contributed by atoms with Crippen LogP contribution in [0.2, 0.25) is 0 Å². The Morgan fingerprint density at radius 2 is 2.05 bits per heavy atom. The molecule has 19 heavy (non-hydrogen) atoms. The highest BCUT2D eigenvalue weighted by Crippen LogP contribution is 2.34. The van der Waals surface area contributed by atoms with Gasteiger partial charge in [0.15, 0.2) is 0 Å². The molecule has 104 valence electrons. The van der Waals surface area contributed by atoms with Gasteiger partial charge in [0.05, 0.1) is 0 Å². The molecule has 0 aliphatic carbocycles. The van der Waals surface area contributed by atoms with Gasteiger partial charge < -0.3 is 4.90 Å². The predicted molar refractivity (Wildman–Crippen MR) is 82.3 cm³/mol. The summed E-state index contributed by atoms with van der Waals surface area (Å²) >= 11 is 3.50. The first-order chi connectivity index (χ1) is 8.80. The lowest BCUT2D eigenvalue weighted by atomic mass is 9.80. The van der Waals surface area contributed by atoms with Gasteiger partial charge in [-0.05, 0) is 42.4 Å². The van der Waals surface area contributed by atoms with Crippen LogP contribution in [-0.2, 0) is 0 Å². The third kappa shape index (κ3) is 3.02. The third-order valence-electron chi connectivity index (χ3n) is 4.20. The highest BCUT2D eigenvalue weighted by Gasteiger charge is 2.34. The molecule has 2 rings (SSSR count). The maximum Gasteiger partial charge on any atom is 0.254 e. The van der Waals surface area contributed by atoms with Crippen molar-refractivity contribution in [2.75, 3.05) is 13.1 Å². The van der Waals surface area contributed by atoms with E-state index in [0.717, 1.165) is 35.1 Å². The van der Waals surface area contributed by atoms with Crippen LogP contribution in [0.15, 0.2) is 22.7 Å². The molecule has 0 N–H and O–H groups in total. The molecule has 1 aromatic rings. The first-order valence-electron chi connectivity index (χ1n) is 6.85. The van der Waals surface area contributed by atoms with Gasteiger partial charge in [0, 0.05) is 23.1 Å². The Kier molecular flexibility index (Phi) is 4.05. The molecule has 3 heteroatoms. The number of amides is 1. The zero-order chi connectivity index (χ0) is 14.2. The minimum absolute atomic E-state index is 0.172. The molecular weight excluding hydrogens is 302 g/mol. The molecule has 0 radical (unpaired) electrons. The number of nitrogens with zero attached hydrogens (tertiary/aromatic N) is 1. The van der Waals surface area contributed by atoms with Gasteiger partial charge in [-0.3, -0.25) is 4.79 Å². The van der Waals surface area contributed by atoms with Crippen molar-refractivity contribution in [2.24, 2.45) is 11.3 Å². The van der Waals surface area contributed by atoms with Crippen LogP contribution >= 0.6 is 15.9 Å². The van der Waals surface area contributed by atoms with Gasteiger partial charge >= 0.3 is 0 Å². The van der Waals surface area contributed by atoms with Crippen molar-refractivity contribution in [3.8, 4) is 0 Å². The van der Waals surface area contributed by atoms with Crippen molar-refractivity contribution >= 4 is 21.8 Å². The highest BCUT2D eigenvalue weighted by atomic mass is 79.9. The minimum Gasteiger partial charge on any atom is -0.338 e. The van der Waals surface area contributed by atoms with E-state index in [2.05, 4.69) is 36.7 Å². The summed E-state index contributed by atoms with van der Waals surface area (Å²) in [7, 11) is 0. The van der Waals surface area contributed by atoms with E-state index in [1.54, 1.807) is 0 Å². The maximum atomic E-state index is 12.6. The highest BCUT2D eigenvalue weighted by molar-refractivity contribution is 9.10. The van der Waals surface area contributed by atoms with Crippen molar-refractivity contribution in [3.05, 3.63) is 33.8 Å². The van der Waals surface area contributed by atoms with Crippen LogP contribution in [0, 0.1) is 18.3 Å². The van der Waals surface area contributed by atoms with Gasteiger partial charge in [-0.25, -0.2) is 0 Å². The van der Waals surface area contributed by atoms with Crippen LogP contribution in [0.4, 0.5) is 0 Å². The number of carbonyl (C=O) groups is 1. The summed E-state index contributed by atoms with van der Waals surface area (Å²) in [4.78, 5) is 14.6. The minimum atomic E-state index is 0.172. The van der Waals surface area contributed by atoms with Gasteiger partial charge in [-0.2, -0.15) is 0 Å². The van der Waals surface area contributed by atoms with Gasteiger partial charge in [-0.15, -0.1) is 0 Å². The summed E-state index contributed by atoms with van der Waals surface area (Å²) in [5, 5.41) is 0. The first-order valence-corrected chi connectivity index (χ1v) is 7.64. The van der Waals surface area contributed by atoms with Gasteiger partial charge in [-0.1, -0.05) is 42.8 Å². The van der Waals surface area contributed by atoms with E-state index in [-0.39, 0.29) is 11.3 Å². The summed E-state index contributed by atoms with van der Waals surface area (Å²) in [5.74, 6) is 0.773. The smallest absolute Gasteiger partial charge is 0.254 e. The van der Waals surface area contributed by atoms with Crippen molar-refractivity contribution in [1.82, 2.24) is 4.90 Å². The summed E-state index contributed by atoms with van der Waals surface area (Å²) < 4.78 is 1.00. The van der Waals surface area contributed by atoms with Crippen molar-refractivity contribution in [2.45, 2.75) is 34.1 Å². The van der Waals surface area contributed by atoms with E-state index < -0.39 is 0 Å². The molecule has 1 aromatic carbocycles. The van der Waals surface area contributed by atoms with Crippen molar-refractivity contribution in [1.29, 1.82) is 0 Å². The Labute approximate surface area is 124 Å². The van der Waals surface area contributed by atoms with Crippen LogP contribution in [-0.4, -0.2) is 23.9 Å². The number of benzene rings is 1. The Morgan fingerprint density at radius 3 is 2.63 bits per heavy atom. The molecule has 1 fully saturated rings. The number of halogens is 1. The third-order valence-corrected chi connectivity index (χ3v) is 5.06. The number of hydrogen-bond acceptors (Lipinski definition) is 1. The zero-order valence-corrected chi connectivity index (χ0v) is 13.8. The fourth-order valence-electron chi connectivity index (χ4n) is 2.66. The standard InChI is InChI=1S/C16H22BrNO/c1-11-13(6-5-7-14(11)17)15(19)18-9-8-12(10-18)16(2,3)4/h5-7,12H,8-10H2,1-4H3. The second-order valence-corrected chi connectivity index (χ2v) is 7.37. The molecule has 1 saturated heterocycles. The Hall–Kier alpha value is -0.830. The summed E-state index contributed by atoms with van der Waals surface area (Å²) in [6.45, 7) is 10.5. The molecule has 0 aromatic heterocycles. The van der Waals surface area contributed by atoms with E-state index in [9.17, 15) is 4.79 Å². The van der Waals surface area contributed by atoms with Crippen LogP contribution in [0.5, 0.6) is 0 Å². The zero-order valence-electron chi connectivity index (χ0n) is 12.2. The molecule has 0 spiro atoms. The monoisotopic (exact) mass is 323 g/mol. The average molecular weight is 324 g/mol. The van der Waals surface area contributed by atoms with Crippen LogP contribution < -0.4 is 0 Å². The number of rotatable bonds is 1. The van der Waals surface area contributed by atoms with Crippen LogP contribution in [0.25, 0.3) is 0 Å². The van der Waals surface area contributed by atoms with E-state index in [0.29, 0.717) is 5.92 Å². The predicted octanol–water partition coefficient (Wildman–Crippen LogP) is 4.27. The molecule has 1 atom stereocenters. The maximum absolute atomic E-state index is 12.6. The van der Waals surface area contributed by atoms with Crippen LogP contribution in [0.3, 0.4) is 0 Å². The second kappa shape index (κ2) is 5.28. The Bertz CT molecular complexity index is 490. The molecule has 1 amide bonds. The Morgan fingerprint density at radius 1 is 1.37 bits per heavy atom. The van der Waals surface area contributed by atoms with E-state index in [1.807, 2.05) is 30.0 Å².